The molecular formula is C73H142O17P2. The smallest absolute Gasteiger partial charge is 0.462 e. The van der Waals surface area contributed by atoms with E-state index in [-0.39, 0.29) is 25.7 Å². The van der Waals surface area contributed by atoms with Crippen LogP contribution in [0.4, 0.5) is 0 Å². The van der Waals surface area contributed by atoms with Crippen LogP contribution >= 0.6 is 15.6 Å². The van der Waals surface area contributed by atoms with Crippen LogP contribution in [-0.4, -0.2) is 96.7 Å². The van der Waals surface area contributed by atoms with Crippen LogP contribution in [0.2, 0.25) is 0 Å². The summed E-state index contributed by atoms with van der Waals surface area (Å²) in [7, 11) is -9.91. The van der Waals surface area contributed by atoms with Crippen LogP contribution in [0.15, 0.2) is 0 Å². The normalized spacial score (nSPS) is 14.8. The number of unbranched alkanes of at least 4 members (excludes halogenated alkanes) is 34. The molecule has 0 amide bonds. The molecule has 19 heteroatoms. The molecule has 0 aromatic rings. The van der Waals surface area contributed by atoms with Crippen molar-refractivity contribution >= 4 is 39.5 Å². The summed E-state index contributed by atoms with van der Waals surface area (Å²) in [4.78, 5) is 72.6. The Morgan fingerprint density at radius 2 is 0.522 bits per heavy atom. The third-order valence-electron chi connectivity index (χ3n) is 17.5. The molecule has 92 heavy (non-hydrogen) atoms. The lowest BCUT2D eigenvalue weighted by molar-refractivity contribution is -0.161. The summed E-state index contributed by atoms with van der Waals surface area (Å²) in [6.45, 7) is 14.1. The predicted octanol–water partition coefficient (Wildman–Crippen LogP) is 20.9. The van der Waals surface area contributed by atoms with E-state index in [1.807, 2.05) is 0 Å². The second-order valence-corrected chi connectivity index (χ2v) is 30.7. The maximum absolute atomic E-state index is 13.0. The van der Waals surface area contributed by atoms with E-state index in [2.05, 4.69) is 55.4 Å². The van der Waals surface area contributed by atoms with Crippen molar-refractivity contribution in [1.29, 1.82) is 0 Å². The summed E-state index contributed by atoms with van der Waals surface area (Å²) < 4.78 is 68.4. The average molecular weight is 1350 g/mol. The maximum Gasteiger partial charge on any atom is 0.472 e. The number of carbonyl (C=O) groups excluding carboxylic acids is 4. The lowest BCUT2D eigenvalue weighted by Crippen LogP contribution is -2.30. The van der Waals surface area contributed by atoms with Gasteiger partial charge in [-0.05, 0) is 49.4 Å². The molecule has 3 N–H and O–H groups in total. The van der Waals surface area contributed by atoms with Crippen molar-refractivity contribution in [2.75, 3.05) is 39.6 Å². The third kappa shape index (κ3) is 64.1. The molecule has 5 unspecified atom stereocenters. The lowest BCUT2D eigenvalue weighted by atomic mass is 9.99. The lowest BCUT2D eigenvalue weighted by Gasteiger charge is -2.21. The summed E-state index contributed by atoms with van der Waals surface area (Å²) >= 11 is 0. The Morgan fingerprint density at radius 3 is 0.772 bits per heavy atom. The fraction of sp³-hybridized carbons (Fsp3) is 0.945. The Morgan fingerprint density at radius 1 is 0.304 bits per heavy atom. The molecule has 0 heterocycles. The molecule has 0 rings (SSSR count). The molecule has 0 spiro atoms. The number of hydrogen-bond donors (Lipinski definition) is 3. The van der Waals surface area contributed by atoms with Crippen LogP contribution in [0.3, 0.4) is 0 Å². The zero-order valence-corrected chi connectivity index (χ0v) is 62.0. The number of rotatable bonds is 70. The Balaban J connectivity index is 5.23. The molecule has 0 aliphatic rings. The van der Waals surface area contributed by atoms with E-state index in [9.17, 15) is 43.2 Å². The van der Waals surface area contributed by atoms with Crippen LogP contribution in [0.5, 0.6) is 0 Å². The van der Waals surface area contributed by atoms with E-state index in [0.717, 1.165) is 114 Å². The van der Waals surface area contributed by atoms with Gasteiger partial charge >= 0.3 is 39.5 Å². The molecule has 0 bridgehead atoms. The van der Waals surface area contributed by atoms with Crippen molar-refractivity contribution in [2.24, 2.45) is 23.7 Å². The van der Waals surface area contributed by atoms with Crippen molar-refractivity contribution in [3.05, 3.63) is 0 Å². The number of aliphatic hydroxyl groups excluding tert-OH is 1. The van der Waals surface area contributed by atoms with Gasteiger partial charge in [-0.25, -0.2) is 9.13 Å². The van der Waals surface area contributed by atoms with Crippen molar-refractivity contribution in [3.63, 3.8) is 0 Å². The molecule has 0 aromatic heterocycles. The van der Waals surface area contributed by atoms with E-state index in [0.29, 0.717) is 31.6 Å². The molecule has 0 saturated carbocycles. The second-order valence-electron chi connectivity index (χ2n) is 27.8. The molecule has 0 radical (unpaired) electrons. The summed E-state index contributed by atoms with van der Waals surface area (Å²) in [5, 5.41) is 10.6. The molecule has 0 aliphatic heterocycles. The van der Waals surface area contributed by atoms with Gasteiger partial charge in [-0.2, -0.15) is 0 Å². The van der Waals surface area contributed by atoms with Crippen LogP contribution in [0, 0.1) is 23.7 Å². The van der Waals surface area contributed by atoms with Crippen LogP contribution in [0.25, 0.3) is 0 Å². The van der Waals surface area contributed by atoms with E-state index < -0.39 is 97.5 Å². The topological polar surface area (TPSA) is 237 Å². The first kappa shape index (κ1) is 90.1. The largest absolute Gasteiger partial charge is 0.472 e. The van der Waals surface area contributed by atoms with Crippen LogP contribution in [0.1, 0.15) is 364 Å². The first-order valence-electron chi connectivity index (χ1n) is 37.8. The van der Waals surface area contributed by atoms with Gasteiger partial charge in [-0.15, -0.1) is 0 Å². The monoisotopic (exact) mass is 1350 g/mol. The van der Waals surface area contributed by atoms with Crippen molar-refractivity contribution in [2.45, 2.75) is 382 Å². The molecule has 0 aliphatic carbocycles. The third-order valence-corrected chi connectivity index (χ3v) is 19.4. The average Bonchev–Trinajstić information content (AvgIpc) is 1.98. The SMILES string of the molecule is CCC(C)CCCCCCCCCCCCCCCCC(=O)OC[C@H](COP(=O)(O)OCC(O)COP(=O)(O)OC[C@@H](COC(=O)CCCCCCCCCC(C)C)OC(=O)CCCCCCCCCCCC(C)C)OC(=O)CCCCCCCCCCC(C)CC. The Labute approximate surface area is 562 Å². The van der Waals surface area contributed by atoms with Crippen molar-refractivity contribution in [3.8, 4) is 0 Å². The Hall–Kier alpha value is -1.94. The first-order chi connectivity index (χ1) is 44.2. The Kier molecular flexibility index (Phi) is 61.3. The quantitative estimate of drug-likeness (QED) is 0.0222. The van der Waals surface area contributed by atoms with E-state index in [4.69, 9.17) is 37.0 Å². The highest BCUT2D eigenvalue weighted by atomic mass is 31.2. The van der Waals surface area contributed by atoms with Crippen molar-refractivity contribution in [1.82, 2.24) is 0 Å². The van der Waals surface area contributed by atoms with Crippen LogP contribution in [-0.2, 0) is 65.4 Å². The summed E-state index contributed by atoms with van der Waals surface area (Å²) in [6.07, 6.45) is 45.8. The number of esters is 4. The highest BCUT2D eigenvalue weighted by molar-refractivity contribution is 7.47. The van der Waals surface area contributed by atoms with Gasteiger partial charge in [0, 0.05) is 25.7 Å². The van der Waals surface area contributed by atoms with Gasteiger partial charge in [-0.1, -0.05) is 312 Å². The standard InChI is InChI=1S/C73H142O17P2/c1-9-65(7)51-43-35-27-19-15-13-11-12-14-16-20-29-37-45-53-70(75)83-59-68(90-73(78)56-48-40-31-23-22-28-36-44-52-66(8)10-2)61-87-91(79,80)85-57-67(74)58-86-92(81,82)88-62-69(60-84-71(76)54-46-38-32-24-26-34-42-50-64(5)6)89-72(77)55-47-39-30-21-17-18-25-33-41-49-63(3)4/h63-69,74H,9-62H2,1-8H3,(H,79,80)(H,81,82)/t65?,66?,67?,68-,69-/m1/s1. The van der Waals surface area contributed by atoms with E-state index in [1.165, 1.54) is 161 Å². The van der Waals surface area contributed by atoms with Gasteiger partial charge in [0.2, 0.25) is 0 Å². The number of hydrogen-bond acceptors (Lipinski definition) is 15. The summed E-state index contributed by atoms with van der Waals surface area (Å²) in [6, 6.07) is 0. The molecule has 7 atom stereocenters. The highest BCUT2D eigenvalue weighted by Gasteiger charge is 2.30. The van der Waals surface area contributed by atoms with Gasteiger partial charge in [0.1, 0.15) is 19.3 Å². The minimum Gasteiger partial charge on any atom is -0.462 e. The fourth-order valence-corrected chi connectivity index (χ4v) is 12.5. The number of ether oxygens (including phenoxy) is 4. The van der Waals surface area contributed by atoms with Gasteiger partial charge in [0.25, 0.3) is 0 Å². The van der Waals surface area contributed by atoms with Gasteiger partial charge in [0.15, 0.2) is 12.2 Å². The number of aliphatic hydroxyl groups is 1. The molecule has 546 valence electrons. The zero-order valence-electron chi connectivity index (χ0n) is 60.2. The summed E-state index contributed by atoms with van der Waals surface area (Å²) in [5.41, 5.74) is 0. The van der Waals surface area contributed by atoms with Crippen molar-refractivity contribution < 1.29 is 80.2 Å². The second kappa shape index (κ2) is 62.6. The maximum atomic E-state index is 13.0. The fourth-order valence-electron chi connectivity index (χ4n) is 11.0. The molecule has 0 aromatic carbocycles. The minimum absolute atomic E-state index is 0.104. The zero-order chi connectivity index (χ0) is 68.2. The highest BCUT2D eigenvalue weighted by Crippen LogP contribution is 2.45. The molecule has 0 saturated heterocycles. The van der Waals surface area contributed by atoms with Gasteiger partial charge in [0.05, 0.1) is 26.4 Å². The van der Waals surface area contributed by atoms with Gasteiger partial charge < -0.3 is 33.8 Å². The number of phosphoric acid groups is 2. The van der Waals surface area contributed by atoms with Crippen LogP contribution < -0.4 is 0 Å². The molecule has 0 fully saturated rings. The first-order valence-corrected chi connectivity index (χ1v) is 40.8. The molecular weight excluding hydrogens is 1210 g/mol. The van der Waals surface area contributed by atoms with E-state index >= 15 is 0 Å². The van der Waals surface area contributed by atoms with Gasteiger partial charge in [-0.3, -0.25) is 37.3 Å². The van der Waals surface area contributed by atoms with E-state index in [1.54, 1.807) is 0 Å². The minimum atomic E-state index is -4.96. The number of carbonyl (C=O) groups is 4. The summed E-state index contributed by atoms with van der Waals surface area (Å²) in [5.74, 6) is 0.933. The number of phosphoric ester groups is 2. The Bertz CT molecular complexity index is 1820. The predicted molar refractivity (Wildman–Crippen MR) is 372 cm³/mol. The molecule has 17 nitrogen and oxygen atoms in total.